The van der Waals surface area contributed by atoms with Gasteiger partial charge in [0.2, 0.25) is 0 Å². The summed E-state index contributed by atoms with van der Waals surface area (Å²) in [7, 11) is 3.49. The molecule has 1 aliphatic carbocycles. The van der Waals surface area contributed by atoms with Crippen LogP contribution in [-0.4, -0.2) is 20.8 Å². The molecule has 0 fully saturated rings. The number of hydrogen-bond donors (Lipinski definition) is 1. The molecule has 1 aliphatic rings. The van der Waals surface area contributed by atoms with E-state index in [4.69, 9.17) is 9.47 Å². The lowest BCUT2D eigenvalue weighted by molar-refractivity contribution is 0.382. The third-order valence-electron chi connectivity index (χ3n) is 3.92. The molecule has 1 aromatic rings. The summed E-state index contributed by atoms with van der Waals surface area (Å²) in [4.78, 5) is 0. The van der Waals surface area contributed by atoms with Gasteiger partial charge in [0, 0.05) is 17.2 Å². The molecular weight excluding hydrogens is 318 g/mol. The van der Waals surface area contributed by atoms with E-state index < -0.39 is 0 Å². The van der Waals surface area contributed by atoms with Gasteiger partial charge in [0.05, 0.1) is 18.7 Å². The van der Waals surface area contributed by atoms with Crippen LogP contribution >= 0.6 is 15.9 Å². The molecular formula is C16H24BrNO2. The minimum Gasteiger partial charge on any atom is -0.496 e. The molecule has 0 radical (unpaired) electrons. The van der Waals surface area contributed by atoms with Crippen LogP contribution in [0.3, 0.4) is 0 Å². The van der Waals surface area contributed by atoms with Gasteiger partial charge >= 0.3 is 0 Å². The first-order valence-corrected chi connectivity index (χ1v) is 8.18. The summed E-state index contributed by atoms with van der Waals surface area (Å²) in [6.07, 6.45) is 5.80. The average Bonchev–Trinajstić information content (AvgIpc) is 2.67. The number of ether oxygens (including phenoxy) is 2. The number of fused-ring (bicyclic) bond motifs is 1. The van der Waals surface area contributed by atoms with Gasteiger partial charge in [0.1, 0.15) is 11.5 Å². The highest BCUT2D eigenvalue weighted by Gasteiger charge is 2.26. The van der Waals surface area contributed by atoms with E-state index in [-0.39, 0.29) is 0 Å². The molecule has 1 aromatic carbocycles. The molecule has 4 heteroatoms. The van der Waals surface area contributed by atoms with E-state index >= 15 is 0 Å². The zero-order valence-corrected chi connectivity index (χ0v) is 14.2. The maximum absolute atomic E-state index is 5.67. The molecule has 1 N–H and O–H groups in total. The molecule has 20 heavy (non-hydrogen) atoms. The van der Waals surface area contributed by atoms with Crippen molar-refractivity contribution in [3.8, 4) is 11.5 Å². The highest BCUT2D eigenvalue weighted by molar-refractivity contribution is 9.10. The Morgan fingerprint density at radius 3 is 2.75 bits per heavy atom. The summed E-state index contributed by atoms with van der Waals surface area (Å²) in [6.45, 7) is 3.23. The second kappa shape index (κ2) is 7.32. The first-order chi connectivity index (χ1) is 9.72. The van der Waals surface area contributed by atoms with E-state index in [1.54, 1.807) is 14.2 Å². The monoisotopic (exact) mass is 341 g/mol. The van der Waals surface area contributed by atoms with Crippen molar-refractivity contribution in [2.24, 2.45) is 0 Å². The highest BCUT2D eigenvalue weighted by atomic mass is 79.9. The third kappa shape index (κ3) is 3.12. The van der Waals surface area contributed by atoms with Crippen molar-refractivity contribution in [1.29, 1.82) is 0 Å². The smallest absolute Gasteiger partial charge is 0.138 e. The summed E-state index contributed by atoms with van der Waals surface area (Å²) < 4.78 is 12.2. The molecule has 3 nitrogen and oxygen atoms in total. The molecule has 0 saturated heterocycles. The molecule has 0 bridgehead atoms. The number of rotatable bonds is 5. The van der Waals surface area contributed by atoms with Crippen LogP contribution in [0.2, 0.25) is 0 Å². The molecule has 0 heterocycles. The van der Waals surface area contributed by atoms with Gasteiger partial charge in [-0.1, -0.05) is 13.3 Å². The molecule has 0 aromatic heterocycles. The second-order valence-electron chi connectivity index (χ2n) is 5.24. The summed E-state index contributed by atoms with van der Waals surface area (Å²) in [5, 5.41) is 3.66. The zero-order valence-electron chi connectivity index (χ0n) is 12.6. The predicted octanol–water partition coefficient (Wildman–Crippen LogP) is 4.23. The van der Waals surface area contributed by atoms with Crippen molar-refractivity contribution < 1.29 is 9.47 Å². The SMILES string of the molecule is CCCNC1CCCCc2c(OC)cc(Br)c(OC)c21. The number of halogens is 1. The Labute approximate surface area is 130 Å². The number of hydrogen-bond acceptors (Lipinski definition) is 3. The lowest BCUT2D eigenvalue weighted by atomic mass is 9.96. The molecule has 0 aliphatic heterocycles. The fraction of sp³-hybridized carbons (Fsp3) is 0.625. The van der Waals surface area contributed by atoms with E-state index in [1.807, 2.05) is 6.07 Å². The lowest BCUT2D eigenvalue weighted by Crippen LogP contribution is -2.23. The van der Waals surface area contributed by atoms with Crippen molar-refractivity contribution >= 4 is 15.9 Å². The summed E-state index contributed by atoms with van der Waals surface area (Å²) in [6, 6.07) is 2.38. The molecule has 0 spiro atoms. The summed E-state index contributed by atoms with van der Waals surface area (Å²) in [5.74, 6) is 1.93. The van der Waals surface area contributed by atoms with Crippen LogP contribution in [0, 0.1) is 0 Å². The Morgan fingerprint density at radius 1 is 1.30 bits per heavy atom. The molecule has 112 valence electrons. The average molecular weight is 342 g/mol. The van der Waals surface area contributed by atoms with Gasteiger partial charge < -0.3 is 14.8 Å². The van der Waals surface area contributed by atoms with Crippen LogP contribution in [0.25, 0.3) is 0 Å². The Bertz CT molecular complexity index is 462. The minimum absolute atomic E-state index is 0.355. The van der Waals surface area contributed by atoms with Crippen LogP contribution in [0.15, 0.2) is 10.5 Å². The van der Waals surface area contributed by atoms with Crippen LogP contribution in [0.4, 0.5) is 0 Å². The Balaban J connectivity index is 2.52. The third-order valence-corrected chi connectivity index (χ3v) is 4.51. The fourth-order valence-electron chi connectivity index (χ4n) is 3.00. The second-order valence-corrected chi connectivity index (χ2v) is 6.09. The van der Waals surface area contributed by atoms with Gasteiger partial charge in [0.25, 0.3) is 0 Å². The maximum atomic E-state index is 5.67. The first kappa shape index (κ1) is 15.6. The zero-order chi connectivity index (χ0) is 14.5. The van der Waals surface area contributed by atoms with Gasteiger partial charge in [-0.15, -0.1) is 0 Å². The van der Waals surface area contributed by atoms with E-state index in [2.05, 4.69) is 28.2 Å². The van der Waals surface area contributed by atoms with Crippen molar-refractivity contribution in [1.82, 2.24) is 5.32 Å². The topological polar surface area (TPSA) is 30.5 Å². The van der Waals surface area contributed by atoms with Crippen LogP contribution < -0.4 is 14.8 Å². The maximum Gasteiger partial charge on any atom is 0.138 e. The van der Waals surface area contributed by atoms with Crippen molar-refractivity contribution in [2.45, 2.75) is 45.1 Å². The molecule has 0 saturated carbocycles. The van der Waals surface area contributed by atoms with Crippen molar-refractivity contribution in [2.75, 3.05) is 20.8 Å². The van der Waals surface area contributed by atoms with E-state index in [9.17, 15) is 0 Å². The molecule has 1 unspecified atom stereocenters. The quantitative estimate of drug-likeness (QED) is 0.812. The molecule has 2 rings (SSSR count). The Kier molecular flexibility index (Phi) is 5.73. The lowest BCUT2D eigenvalue weighted by Gasteiger charge is -2.24. The van der Waals surface area contributed by atoms with Gasteiger partial charge in [-0.25, -0.2) is 0 Å². The van der Waals surface area contributed by atoms with E-state index in [0.29, 0.717) is 6.04 Å². The standard InChI is InChI=1S/C16H24BrNO2/c1-4-9-18-13-8-6-5-7-11-14(19-2)10-12(17)16(20-3)15(11)13/h10,13,18H,4-9H2,1-3H3. The summed E-state index contributed by atoms with van der Waals surface area (Å²) in [5.41, 5.74) is 2.59. The van der Waals surface area contributed by atoms with Crippen molar-refractivity contribution in [3.63, 3.8) is 0 Å². The van der Waals surface area contributed by atoms with E-state index in [1.165, 1.54) is 24.0 Å². The highest BCUT2D eigenvalue weighted by Crippen LogP contribution is 2.44. The normalized spacial score (nSPS) is 18.3. The first-order valence-electron chi connectivity index (χ1n) is 7.39. The van der Waals surface area contributed by atoms with Gasteiger partial charge in [-0.2, -0.15) is 0 Å². The minimum atomic E-state index is 0.355. The van der Waals surface area contributed by atoms with Crippen LogP contribution in [0.5, 0.6) is 11.5 Å². The van der Waals surface area contributed by atoms with Crippen LogP contribution in [0.1, 0.15) is 49.8 Å². The Hall–Kier alpha value is -0.740. The predicted molar refractivity (Wildman–Crippen MR) is 85.8 cm³/mol. The number of methoxy groups -OCH3 is 2. The van der Waals surface area contributed by atoms with Crippen LogP contribution in [-0.2, 0) is 6.42 Å². The van der Waals surface area contributed by atoms with Gasteiger partial charge in [0.15, 0.2) is 0 Å². The van der Waals surface area contributed by atoms with Crippen molar-refractivity contribution in [3.05, 3.63) is 21.7 Å². The number of benzene rings is 1. The number of nitrogens with one attached hydrogen (secondary N) is 1. The molecule has 0 amide bonds. The molecule has 1 atom stereocenters. The largest absolute Gasteiger partial charge is 0.496 e. The Morgan fingerprint density at radius 2 is 2.10 bits per heavy atom. The van der Waals surface area contributed by atoms with Gasteiger partial charge in [-0.05, 0) is 54.2 Å². The van der Waals surface area contributed by atoms with Gasteiger partial charge in [-0.3, -0.25) is 0 Å². The summed E-state index contributed by atoms with van der Waals surface area (Å²) >= 11 is 3.62. The van der Waals surface area contributed by atoms with E-state index in [0.717, 1.165) is 41.8 Å². The fourth-order valence-corrected chi connectivity index (χ4v) is 3.58.